The van der Waals surface area contributed by atoms with Gasteiger partial charge >= 0.3 is 0 Å². The average Bonchev–Trinajstić information content (AvgIpc) is 2.67. The van der Waals surface area contributed by atoms with Gasteiger partial charge in [-0.1, -0.05) is 24.3 Å². The first-order valence-corrected chi connectivity index (χ1v) is 8.60. The van der Waals surface area contributed by atoms with E-state index in [1.165, 1.54) is 5.69 Å². The van der Waals surface area contributed by atoms with E-state index in [-0.39, 0.29) is 0 Å². The highest BCUT2D eigenvalue weighted by molar-refractivity contribution is 7.80. The summed E-state index contributed by atoms with van der Waals surface area (Å²) < 4.78 is 0. The second-order valence-corrected chi connectivity index (χ2v) is 6.17. The van der Waals surface area contributed by atoms with Crippen LogP contribution in [-0.2, 0) is 0 Å². The lowest BCUT2D eigenvalue weighted by molar-refractivity contribution is -0.00149. The van der Waals surface area contributed by atoms with Gasteiger partial charge in [-0.05, 0) is 43.4 Å². The lowest BCUT2D eigenvalue weighted by Crippen LogP contribution is -2.47. The Kier molecular flexibility index (Phi) is 5.57. The molecule has 0 spiro atoms. The Morgan fingerprint density at radius 1 is 1.04 bits per heavy atom. The maximum Gasteiger partial charge on any atom is 0.216 e. The van der Waals surface area contributed by atoms with Crippen LogP contribution in [0, 0.1) is 0 Å². The third kappa shape index (κ3) is 4.32. The van der Waals surface area contributed by atoms with Crippen molar-refractivity contribution in [2.24, 2.45) is 10.2 Å². The third-order valence-corrected chi connectivity index (χ3v) is 4.51. The topological polar surface area (TPSA) is 54.7 Å². The van der Waals surface area contributed by atoms with E-state index in [0.717, 1.165) is 31.2 Å². The molecule has 1 aromatic carbocycles. The summed E-state index contributed by atoms with van der Waals surface area (Å²) in [5.74, 6) is 0. The highest BCUT2D eigenvalue weighted by Gasteiger charge is 2.19. The molecule has 0 aromatic heterocycles. The largest absolute Gasteiger partial charge is 0.368 e. The smallest absolute Gasteiger partial charge is 0.216 e. The third-order valence-electron chi connectivity index (χ3n) is 4.17. The Morgan fingerprint density at radius 2 is 1.76 bits per heavy atom. The molecule has 0 atom stereocenters. The number of hydrogen-bond acceptors (Lipinski definition) is 5. The number of benzene rings is 1. The summed E-state index contributed by atoms with van der Waals surface area (Å²) >= 11 is 5.39. The molecule has 0 bridgehead atoms. The second kappa shape index (κ2) is 8.04. The number of azo groups is 1. The first-order valence-electron chi connectivity index (χ1n) is 8.19. The van der Waals surface area contributed by atoms with Crippen molar-refractivity contribution in [3.8, 4) is 0 Å². The molecular weight excluding hydrogens is 334 g/mol. The van der Waals surface area contributed by atoms with Gasteiger partial charge in [0.25, 0.3) is 0 Å². The van der Waals surface area contributed by atoms with E-state index in [0.29, 0.717) is 16.5 Å². The van der Waals surface area contributed by atoms with Gasteiger partial charge < -0.3 is 9.80 Å². The Balaban J connectivity index is 1.57. The first-order chi connectivity index (χ1) is 12.1. The first kappa shape index (κ1) is 17.3. The molecule has 1 fully saturated rings. The van der Waals surface area contributed by atoms with Crippen LogP contribution in [0.3, 0.4) is 0 Å². The molecule has 2 aliphatic heterocycles. The zero-order chi connectivity index (χ0) is 17.6. The zero-order valence-corrected chi connectivity index (χ0v) is 14.9. The van der Waals surface area contributed by atoms with Crippen molar-refractivity contribution in [2.45, 2.75) is 6.92 Å². The Morgan fingerprint density at radius 3 is 2.44 bits per heavy atom. The quantitative estimate of drug-likeness (QED) is 0.649. The van der Waals surface area contributed by atoms with Crippen molar-refractivity contribution in [1.29, 1.82) is 0 Å². The minimum Gasteiger partial charge on any atom is -0.368 e. The van der Waals surface area contributed by atoms with Crippen molar-refractivity contribution in [1.82, 2.24) is 9.96 Å². The zero-order valence-electron chi connectivity index (χ0n) is 14.1. The molecule has 0 saturated carbocycles. The molecule has 0 aliphatic carbocycles. The molecule has 0 radical (unpaired) electrons. The van der Waals surface area contributed by atoms with Gasteiger partial charge in [-0.25, -0.2) is 5.06 Å². The minimum atomic E-state index is 0.479. The van der Waals surface area contributed by atoms with Crippen molar-refractivity contribution >= 4 is 23.0 Å². The highest BCUT2D eigenvalue weighted by atomic mass is 32.1. The van der Waals surface area contributed by atoms with E-state index in [1.54, 1.807) is 25.3 Å². The Labute approximate surface area is 153 Å². The van der Waals surface area contributed by atoms with Crippen LogP contribution in [0.4, 0.5) is 5.69 Å². The second-order valence-electron chi connectivity index (χ2n) is 5.81. The number of anilines is 1. The molecule has 0 unspecified atom stereocenters. The van der Waals surface area contributed by atoms with Gasteiger partial charge in [0, 0.05) is 38.1 Å². The van der Waals surface area contributed by atoms with Crippen LogP contribution in [0.25, 0.3) is 0 Å². The maximum absolute atomic E-state index is 9.78. The number of allylic oxidation sites excluding steroid dienone is 4. The van der Waals surface area contributed by atoms with Crippen LogP contribution in [0.1, 0.15) is 6.92 Å². The average molecular weight is 355 g/mol. The van der Waals surface area contributed by atoms with E-state index in [2.05, 4.69) is 44.3 Å². The fraction of sp³-hybridized carbons (Fsp3) is 0.278. The monoisotopic (exact) mass is 355 g/mol. The molecule has 130 valence electrons. The molecule has 0 amide bonds. The van der Waals surface area contributed by atoms with Crippen molar-refractivity contribution in [2.75, 3.05) is 31.1 Å². The molecule has 1 aromatic rings. The van der Waals surface area contributed by atoms with E-state index in [4.69, 9.17) is 12.2 Å². The van der Waals surface area contributed by atoms with Crippen LogP contribution in [0.2, 0.25) is 0 Å². The lowest BCUT2D eigenvalue weighted by atomic mass is 10.2. The summed E-state index contributed by atoms with van der Waals surface area (Å²) in [6, 6.07) is 10.4. The molecule has 2 heterocycles. The minimum absolute atomic E-state index is 0.479. The summed E-state index contributed by atoms with van der Waals surface area (Å²) in [4.78, 5) is 4.40. The molecule has 25 heavy (non-hydrogen) atoms. The maximum atomic E-state index is 9.78. The van der Waals surface area contributed by atoms with Crippen LogP contribution >= 0.6 is 12.2 Å². The number of para-hydroxylation sites is 1. The van der Waals surface area contributed by atoms with Crippen molar-refractivity contribution in [3.05, 3.63) is 66.2 Å². The summed E-state index contributed by atoms with van der Waals surface area (Å²) in [7, 11) is 0. The predicted octanol–water partition coefficient (Wildman–Crippen LogP) is 3.55. The van der Waals surface area contributed by atoms with Gasteiger partial charge in [-0.2, -0.15) is 5.11 Å². The van der Waals surface area contributed by atoms with Crippen LogP contribution < -0.4 is 4.90 Å². The van der Waals surface area contributed by atoms with E-state index < -0.39 is 0 Å². The molecule has 1 saturated heterocycles. The normalized spacial score (nSPS) is 19.7. The highest BCUT2D eigenvalue weighted by Crippen LogP contribution is 2.18. The number of hydrogen-bond donors (Lipinski definition) is 1. The molecule has 7 heteroatoms. The number of piperazine rings is 1. The van der Waals surface area contributed by atoms with Crippen LogP contribution in [-0.4, -0.2) is 46.5 Å². The van der Waals surface area contributed by atoms with Crippen molar-refractivity contribution < 1.29 is 5.21 Å². The van der Waals surface area contributed by atoms with Gasteiger partial charge in [-0.3, -0.25) is 5.21 Å². The molecule has 6 nitrogen and oxygen atoms in total. The molecule has 3 rings (SSSR count). The Hall–Kier alpha value is -2.51. The fourth-order valence-electron chi connectivity index (χ4n) is 2.75. The number of thiocarbonyl (C=S) groups is 1. The van der Waals surface area contributed by atoms with Gasteiger partial charge in [0.15, 0.2) is 0 Å². The number of nitrogens with zero attached hydrogens (tertiary/aromatic N) is 5. The number of hydroxylamine groups is 2. The molecule has 2 aliphatic rings. The van der Waals surface area contributed by atoms with E-state index in [1.807, 2.05) is 12.1 Å². The summed E-state index contributed by atoms with van der Waals surface area (Å²) in [5.41, 5.74) is 2.42. The summed E-state index contributed by atoms with van der Waals surface area (Å²) in [6.07, 6.45) is 6.90. The molecular formula is C18H21N5OS. The van der Waals surface area contributed by atoms with Gasteiger partial charge in [0.2, 0.25) is 5.11 Å². The number of rotatable bonds is 2. The lowest BCUT2D eigenvalue weighted by Gasteiger charge is -2.36. The van der Waals surface area contributed by atoms with E-state index >= 15 is 0 Å². The summed E-state index contributed by atoms with van der Waals surface area (Å²) in [5, 5.41) is 19.6. The van der Waals surface area contributed by atoms with Gasteiger partial charge in [0.1, 0.15) is 0 Å². The Bertz CT molecular complexity index is 733. The summed E-state index contributed by atoms with van der Waals surface area (Å²) in [6.45, 7) is 5.23. The van der Waals surface area contributed by atoms with Crippen molar-refractivity contribution in [3.63, 3.8) is 0 Å². The SMILES string of the molecule is C/C(N=NC(=S)N1CCN(c2ccccc2)CC1)=C1/C=CC=CN1O. The van der Waals surface area contributed by atoms with Gasteiger partial charge in [0.05, 0.1) is 11.4 Å². The standard InChI is InChI=1S/C18H21N5OS/c1-15(17-9-5-6-10-23(17)24)19-20-18(25)22-13-11-21(12-14-22)16-7-3-2-4-8-16/h2-10,24H,11-14H2,1H3/b17-15+,20-19?. The van der Waals surface area contributed by atoms with E-state index in [9.17, 15) is 5.21 Å². The van der Waals surface area contributed by atoms with Gasteiger partial charge in [-0.15, -0.1) is 5.11 Å². The van der Waals surface area contributed by atoms with Crippen LogP contribution in [0.5, 0.6) is 0 Å². The molecule has 1 N–H and O–H groups in total. The fourth-order valence-corrected chi connectivity index (χ4v) is 2.97. The van der Waals surface area contributed by atoms with Crippen LogP contribution in [0.15, 0.2) is 76.4 Å². The predicted molar refractivity (Wildman–Crippen MR) is 102 cm³/mol.